The zero-order valence-electron chi connectivity index (χ0n) is 19.4. The Hall–Kier alpha value is -2.79. The van der Waals surface area contributed by atoms with Gasteiger partial charge in [0, 0.05) is 18.7 Å². The summed E-state index contributed by atoms with van der Waals surface area (Å²) < 4.78 is 67.2. The zero-order valence-corrected chi connectivity index (χ0v) is 20.9. The molecule has 0 aliphatic carbocycles. The number of pyridine rings is 1. The molecule has 0 bridgehead atoms. The zero-order chi connectivity index (χ0) is 26.8. The summed E-state index contributed by atoms with van der Waals surface area (Å²) in [7, 11) is 0. The second kappa shape index (κ2) is 10.7. The van der Waals surface area contributed by atoms with E-state index in [2.05, 4.69) is 9.72 Å². The van der Waals surface area contributed by atoms with Crippen molar-refractivity contribution in [1.82, 2.24) is 9.88 Å². The van der Waals surface area contributed by atoms with Gasteiger partial charge in [0.05, 0.1) is 16.8 Å². The number of benzene rings is 1. The molecular weight excluding hydrogens is 531 g/mol. The average Bonchev–Trinajstić information content (AvgIpc) is 3.23. The summed E-state index contributed by atoms with van der Waals surface area (Å²) in [4.78, 5) is 30.5. The third kappa shape index (κ3) is 7.13. The SMILES string of the molecule is CC(C)(C)OC(=O)C1CCCN1C(=O)c1cc(Cl)c(Oc2cnc(OCC(F)(F)F)c(Cl)c2)cc1F. The van der Waals surface area contributed by atoms with E-state index in [1.165, 1.54) is 4.90 Å². The van der Waals surface area contributed by atoms with Gasteiger partial charge in [0.15, 0.2) is 6.61 Å². The van der Waals surface area contributed by atoms with Crippen LogP contribution in [0, 0.1) is 5.82 Å². The number of hydrogen-bond acceptors (Lipinski definition) is 6. The Kier molecular flexibility index (Phi) is 8.24. The third-order valence-electron chi connectivity index (χ3n) is 4.83. The molecule has 7 nitrogen and oxygen atoms in total. The van der Waals surface area contributed by atoms with Crippen LogP contribution in [-0.4, -0.2) is 52.7 Å². The number of esters is 1. The Morgan fingerprint density at radius 1 is 1.14 bits per heavy atom. The molecule has 1 aromatic carbocycles. The van der Waals surface area contributed by atoms with Gasteiger partial charge in [-0.25, -0.2) is 14.2 Å². The van der Waals surface area contributed by atoms with Gasteiger partial charge in [-0.05, 0) is 39.7 Å². The number of nitrogens with zero attached hydrogens (tertiary/aromatic N) is 2. The highest BCUT2D eigenvalue weighted by Crippen LogP contribution is 2.35. The molecule has 2 heterocycles. The Morgan fingerprint density at radius 2 is 1.83 bits per heavy atom. The molecule has 36 heavy (non-hydrogen) atoms. The number of hydrogen-bond donors (Lipinski definition) is 0. The summed E-state index contributed by atoms with van der Waals surface area (Å²) in [5.74, 6) is -3.00. The fourth-order valence-corrected chi connectivity index (χ4v) is 3.81. The van der Waals surface area contributed by atoms with Crippen LogP contribution in [0.2, 0.25) is 10.0 Å². The van der Waals surface area contributed by atoms with Crippen LogP contribution in [0.15, 0.2) is 24.4 Å². The van der Waals surface area contributed by atoms with Gasteiger partial charge in [-0.15, -0.1) is 0 Å². The van der Waals surface area contributed by atoms with Crippen LogP contribution < -0.4 is 9.47 Å². The number of carbonyl (C=O) groups excluding carboxylic acids is 2. The predicted molar refractivity (Wildman–Crippen MR) is 122 cm³/mol. The van der Waals surface area contributed by atoms with Gasteiger partial charge in [0.1, 0.15) is 34.0 Å². The minimum atomic E-state index is -4.58. The predicted octanol–water partition coefficient (Wildman–Crippen LogP) is 6.21. The molecule has 196 valence electrons. The Morgan fingerprint density at radius 3 is 2.44 bits per heavy atom. The van der Waals surface area contributed by atoms with Crippen LogP contribution in [-0.2, 0) is 9.53 Å². The van der Waals surface area contributed by atoms with Gasteiger partial charge in [-0.1, -0.05) is 23.2 Å². The number of alkyl halides is 3. The summed E-state index contributed by atoms with van der Waals surface area (Å²) in [6, 6.07) is 2.20. The Labute approximate surface area is 214 Å². The maximum absolute atomic E-state index is 14.9. The highest BCUT2D eigenvalue weighted by Gasteiger charge is 2.38. The third-order valence-corrected chi connectivity index (χ3v) is 5.39. The first-order valence-electron chi connectivity index (χ1n) is 10.7. The highest BCUT2D eigenvalue weighted by atomic mass is 35.5. The lowest BCUT2D eigenvalue weighted by atomic mass is 10.1. The van der Waals surface area contributed by atoms with Crippen molar-refractivity contribution in [2.24, 2.45) is 0 Å². The molecule has 1 aliphatic heterocycles. The van der Waals surface area contributed by atoms with Crippen LogP contribution in [0.5, 0.6) is 17.4 Å². The summed E-state index contributed by atoms with van der Waals surface area (Å²) in [6.07, 6.45) is -2.64. The number of rotatable bonds is 6. The number of halogens is 6. The molecule has 1 atom stereocenters. The van der Waals surface area contributed by atoms with E-state index in [1.54, 1.807) is 20.8 Å². The average molecular weight is 553 g/mol. The van der Waals surface area contributed by atoms with E-state index in [9.17, 15) is 27.2 Å². The number of ether oxygens (including phenoxy) is 3. The summed E-state index contributed by atoms with van der Waals surface area (Å²) >= 11 is 12.1. The van der Waals surface area contributed by atoms with Crippen molar-refractivity contribution in [3.05, 3.63) is 45.8 Å². The van der Waals surface area contributed by atoms with Crippen molar-refractivity contribution in [2.75, 3.05) is 13.2 Å². The van der Waals surface area contributed by atoms with Gasteiger partial charge < -0.3 is 19.1 Å². The largest absolute Gasteiger partial charge is 0.467 e. The van der Waals surface area contributed by atoms with Crippen LogP contribution in [0.4, 0.5) is 17.6 Å². The van der Waals surface area contributed by atoms with Gasteiger partial charge >= 0.3 is 12.1 Å². The van der Waals surface area contributed by atoms with Gasteiger partial charge in [0.2, 0.25) is 5.88 Å². The molecule has 1 unspecified atom stereocenters. The minimum absolute atomic E-state index is 0.0655. The number of likely N-dealkylation sites (tertiary alicyclic amines) is 1. The van der Waals surface area contributed by atoms with Crippen LogP contribution in [0.25, 0.3) is 0 Å². The lowest BCUT2D eigenvalue weighted by molar-refractivity contribution is -0.159. The molecule has 1 saturated heterocycles. The van der Waals surface area contributed by atoms with Crippen molar-refractivity contribution in [1.29, 1.82) is 0 Å². The first kappa shape index (κ1) is 27.8. The monoisotopic (exact) mass is 552 g/mol. The van der Waals surface area contributed by atoms with Gasteiger partial charge in [-0.3, -0.25) is 4.79 Å². The summed E-state index contributed by atoms with van der Waals surface area (Å²) in [6.45, 7) is 3.77. The maximum atomic E-state index is 14.9. The van der Waals surface area contributed by atoms with Crippen LogP contribution >= 0.6 is 23.2 Å². The van der Waals surface area contributed by atoms with E-state index >= 15 is 0 Å². The van der Waals surface area contributed by atoms with Gasteiger partial charge in [-0.2, -0.15) is 13.2 Å². The molecular formula is C23H22Cl2F4N2O5. The molecule has 0 spiro atoms. The van der Waals surface area contributed by atoms with Crippen LogP contribution in [0.3, 0.4) is 0 Å². The van der Waals surface area contributed by atoms with E-state index < -0.39 is 48.0 Å². The number of aromatic nitrogens is 1. The molecule has 1 aliphatic rings. The standard InChI is InChI=1S/C23H22Cl2F4N2O5/c1-22(2,3)36-21(33)17-5-4-6-31(17)20(32)13-8-14(24)18(9-16(13)26)35-12-7-15(25)19(30-10-12)34-11-23(27,28)29/h7-10,17H,4-6,11H2,1-3H3. The molecule has 0 saturated carbocycles. The van der Waals surface area contributed by atoms with Crippen molar-refractivity contribution >= 4 is 35.1 Å². The first-order chi connectivity index (χ1) is 16.6. The smallest absolute Gasteiger partial charge is 0.422 e. The topological polar surface area (TPSA) is 78.0 Å². The Bertz CT molecular complexity index is 1150. The summed E-state index contributed by atoms with van der Waals surface area (Å²) in [5.41, 5.74) is -1.11. The molecule has 2 aromatic rings. The Balaban J connectivity index is 1.76. The van der Waals surface area contributed by atoms with E-state index in [-0.39, 0.29) is 33.7 Å². The normalized spacial score (nSPS) is 16.1. The lowest BCUT2D eigenvalue weighted by Gasteiger charge is -2.27. The van der Waals surface area contributed by atoms with Crippen molar-refractivity contribution < 1.29 is 41.4 Å². The number of carbonyl (C=O) groups is 2. The van der Waals surface area contributed by atoms with Crippen molar-refractivity contribution in [3.8, 4) is 17.4 Å². The molecule has 0 N–H and O–H groups in total. The molecule has 1 amide bonds. The van der Waals surface area contributed by atoms with Crippen molar-refractivity contribution in [2.45, 2.75) is 51.4 Å². The van der Waals surface area contributed by atoms with Gasteiger partial charge in [0.25, 0.3) is 5.91 Å². The maximum Gasteiger partial charge on any atom is 0.422 e. The van der Waals surface area contributed by atoms with E-state index in [4.69, 9.17) is 32.7 Å². The van der Waals surface area contributed by atoms with Crippen molar-refractivity contribution in [3.63, 3.8) is 0 Å². The molecule has 0 radical (unpaired) electrons. The van der Waals surface area contributed by atoms with E-state index in [1.807, 2.05) is 0 Å². The molecule has 1 aromatic heterocycles. The first-order valence-corrected chi connectivity index (χ1v) is 11.5. The molecule has 3 rings (SSSR count). The fraction of sp³-hybridized carbons (Fsp3) is 0.435. The van der Waals surface area contributed by atoms with E-state index in [0.29, 0.717) is 12.8 Å². The second-order valence-electron chi connectivity index (χ2n) is 8.92. The quantitative estimate of drug-likeness (QED) is 0.313. The van der Waals surface area contributed by atoms with E-state index in [0.717, 1.165) is 24.4 Å². The lowest BCUT2D eigenvalue weighted by Crippen LogP contribution is -2.43. The summed E-state index contributed by atoms with van der Waals surface area (Å²) in [5, 5.41) is -0.413. The fourth-order valence-electron chi connectivity index (χ4n) is 3.40. The van der Waals surface area contributed by atoms with Crippen LogP contribution in [0.1, 0.15) is 44.0 Å². The number of amides is 1. The molecule has 1 fully saturated rings. The highest BCUT2D eigenvalue weighted by molar-refractivity contribution is 6.32. The minimum Gasteiger partial charge on any atom is -0.467 e. The second-order valence-corrected chi connectivity index (χ2v) is 9.73. The molecule has 13 heteroatoms.